The van der Waals surface area contributed by atoms with E-state index in [1.54, 1.807) is 30.3 Å². The topological polar surface area (TPSA) is 82.2 Å². The Labute approximate surface area is 196 Å². The lowest BCUT2D eigenvalue weighted by molar-refractivity contribution is 0.0991. The Hall–Kier alpha value is -3.07. The smallest absolute Gasteiger partial charge is 0.293 e. The van der Waals surface area contributed by atoms with Crippen LogP contribution in [0.25, 0.3) is 0 Å². The van der Waals surface area contributed by atoms with Crippen LogP contribution in [-0.4, -0.2) is 20.7 Å². The molecule has 0 radical (unpaired) electrons. The predicted molar refractivity (Wildman–Crippen MR) is 118 cm³/mol. The number of carbonyl (C=O) groups is 1. The van der Waals surface area contributed by atoms with Crippen LogP contribution in [0.3, 0.4) is 0 Å². The monoisotopic (exact) mass is 494 g/mol. The quantitative estimate of drug-likeness (QED) is 0.348. The number of aromatic nitrogens is 3. The molecule has 0 atom stereocenters. The summed E-state index contributed by atoms with van der Waals surface area (Å²) in [6, 6.07) is 12.3. The van der Waals surface area contributed by atoms with Gasteiger partial charge in [-0.15, -0.1) is 5.10 Å². The average Bonchev–Trinajstić information content (AvgIpc) is 3.40. The molecule has 0 bridgehead atoms. The lowest BCUT2D eigenvalue weighted by atomic mass is 10.2. The van der Waals surface area contributed by atoms with Gasteiger partial charge in [-0.3, -0.25) is 10.1 Å². The number of anilines is 1. The van der Waals surface area contributed by atoms with Crippen LogP contribution in [-0.2, 0) is 13.2 Å². The number of hydrogen-bond acceptors (Lipinski definition) is 5. The second-order valence-electron chi connectivity index (χ2n) is 6.55. The standard InChI is InChI=1S/C21H14Cl3FN4O3/c22-12-4-6-18(16(24)8-12)31-10-13-5-7-19(32-13)20(30)27-21-26-11-29(28-21)9-14-15(23)2-1-3-17(14)25/h1-8,11H,9-10H2,(H,27,28,30). The molecular weight excluding hydrogens is 482 g/mol. The fourth-order valence-corrected chi connectivity index (χ4v) is 3.44. The van der Waals surface area contributed by atoms with Crippen LogP contribution in [0, 0.1) is 5.82 Å². The molecule has 2 heterocycles. The fraction of sp³-hybridized carbons (Fsp3) is 0.0952. The number of rotatable bonds is 7. The van der Waals surface area contributed by atoms with Crippen molar-refractivity contribution in [1.82, 2.24) is 14.8 Å². The van der Waals surface area contributed by atoms with Crippen LogP contribution >= 0.6 is 34.8 Å². The summed E-state index contributed by atoms with van der Waals surface area (Å²) in [5.41, 5.74) is 0.272. The minimum absolute atomic E-state index is 0.0320. The van der Waals surface area contributed by atoms with Gasteiger partial charge in [-0.1, -0.05) is 40.9 Å². The van der Waals surface area contributed by atoms with E-state index in [0.717, 1.165) is 0 Å². The van der Waals surface area contributed by atoms with E-state index in [0.29, 0.717) is 21.6 Å². The van der Waals surface area contributed by atoms with Gasteiger partial charge in [0.2, 0.25) is 5.95 Å². The van der Waals surface area contributed by atoms with Crippen molar-refractivity contribution in [2.24, 2.45) is 0 Å². The Bertz CT molecular complexity index is 1250. The Balaban J connectivity index is 1.36. The number of nitrogens with zero attached hydrogens (tertiary/aromatic N) is 3. The second-order valence-corrected chi connectivity index (χ2v) is 7.80. The summed E-state index contributed by atoms with van der Waals surface area (Å²) in [7, 11) is 0. The number of amides is 1. The second kappa shape index (κ2) is 9.60. The van der Waals surface area contributed by atoms with E-state index in [1.807, 2.05) is 0 Å². The van der Waals surface area contributed by atoms with Gasteiger partial charge in [0.25, 0.3) is 5.91 Å². The molecule has 0 fully saturated rings. The number of furan rings is 1. The third kappa shape index (κ3) is 5.21. The van der Waals surface area contributed by atoms with E-state index < -0.39 is 11.7 Å². The van der Waals surface area contributed by atoms with Gasteiger partial charge in [0.15, 0.2) is 5.76 Å². The molecule has 0 saturated carbocycles. The highest BCUT2D eigenvalue weighted by molar-refractivity contribution is 6.35. The molecule has 4 aromatic rings. The van der Waals surface area contributed by atoms with Gasteiger partial charge in [0.1, 0.15) is 30.3 Å². The molecule has 2 aromatic carbocycles. The highest BCUT2D eigenvalue weighted by Gasteiger charge is 2.15. The summed E-state index contributed by atoms with van der Waals surface area (Å²) in [6.45, 7) is 0.120. The van der Waals surface area contributed by atoms with E-state index >= 15 is 0 Å². The number of nitrogens with one attached hydrogen (secondary N) is 1. The van der Waals surface area contributed by atoms with Gasteiger partial charge in [0, 0.05) is 15.6 Å². The Morgan fingerprint density at radius 1 is 1.12 bits per heavy atom. The highest BCUT2D eigenvalue weighted by atomic mass is 35.5. The molecule has 0 aliphatic heterocycles. The molecule has 7 nitrogen and oxygen atoms in total. The highest BCUT2D eigenvalue weighted by Crippen LogP contribution is 2.28. The summed E-state index contributed by atoms with van der Waals surface area (Å²) >= 11 is 17.9. The van der Waals surface area contributed by atoms with Gasteiger partial charge >= 0.3 is 0 Å². The van der Waals surface area contributed by atoms with Crippen LogP contribution in [0.15, 0.2) is 59.3 Å². The number of benzene rings is 2. The molecule has 164 valence electrons. The lowest BCUT2D eigenvalue weighted by Gasteiger charge is -2.06. The molecule has 1 amide bonds. The molecule has 0 aliphatic carbocycles. The molecular formula is C21H14Cl3FN4O3. The Morgan fingerprint density at radius 3 is 2.75 bits per heavy atom. The van der Waals surface area contributed by atoms with E-state index in [2.05, 4.69) is 15.4 Å². The Morgan fingerprint density at radius 2 is 1.97 bits per heavy atom. The molecule has 11 heteroatoms. The zero-order valence-electron chi connectivity index (χ0n) is 16.2. The van der Waals surface area contributed by atoms with E-state index in [4.69, 9.17) is 44.0 Å². The molecule has 0 spiro atoms. The van der Waals surface area contributed by atoms with Crippen LogP contribution in [0.1, 0.15) is 21.9 Å². The third-order valence-electron chi connectivity index (χ3n) is 4.29. The van der Waals surface area contributed by atoms with Crippen molar-refractivity contribution in [1.29, 1.82) is 0 Å². The van der Waals surface area contributed by atoms with Crippen molar-refractivity contribution < 1.29 is 18.3 Å². The molecule has 4 rings (SSSR count). The Kier molecular flexibility index (Phi) is 6.64. The molecule has 0 saturated heterocycles. The number of ether oxygens (including phenoxy) is 1. The van der Waals surface area contributed by atoms with Crippen molar-refractivity contribution in [2.75, 3.05) is 5.32 Å². The minimum Gasteiger partial charge on any atom is -0.484 e. The van der Waals surface area contributed by atoms with Crippen LogP contribution in [0.4, 0.5) is 10.3 Å². The maximum Gasteiger partial charge on any atom is 0.293 e. The van der Waals surface area contributed by atoms with Crippen LogP contribution in [0.5, 0.6) is 5.75 Å². The zero-order valence-corrected chi connectivity index (χ0v) is 18.5. The van der Waals surface area contributed by atoms with Crippen LogP contribution < -0.4 is 10.1 Å². The van der Waals surface area contributed by atoms with E-state index in [9.17, 15) is 9.18 Å². The molecule has 0 unspecified atom stereocenters. The van der Waals surface area contributed by atoms with Crippen molar-refractivity contribution in [3.63, 3.8) is 0 Å². The van der Waals surface area contributed by atoms with Crippen molar-refractivity contribution in [3.05, 3.63) is 92.8 Å². The van der Waals surface area contributed by atoms with Gasteiger partial charge in [0.05, 0.1) is 11.6 Å². The zero-order chi connectivity index (χ0) is 22.7. The fourth-order valence-electron chi connectivity index (χ4n) is 2.76. The predicted octanol–water partition coefficient (Wildman–Crippen LogP) is 5.85. The maximum atomic E-state index is 13.9. The summed E-state index contributed by atoms with van der Waals surface area (Å²) in [5.74, 6) is -0.0906. The van der Waals surface area contributed by atoms with Gasteiger partial charge in [-0.25, -0.2) is 14.1 Å². The molecule has 32 heavy (non-hydrogen) atoms. The number of carbonyl (C=O) groups excluding carboxylic acids is 1. The number of hydrogen-bond donors (Lipinski definition) is 1. The van der Waals surface area contributed by atoms with Crippen molar-refractivity contribution >= 4 is 46.7 Å². The summed E-state index contributed by atoms with van der Waals surface area (Å²) in [5, 5.41) is 7.76. The normalized spacial score (nSPS) is 10.9. The first kappa shape index (κ1) is 22.1. The largest absolute Gasteiger partial charge is 0.484 e. The first-order valence-corrected chi connectivity index (χ1v) is 10.3. The maximum absolute atomic E-state index is 13.9. The van der Waals surface area contributed by atoms with E-state index in [-0.39, 0.29) is 35.4 Å². The third-order valence-corrected chi connectivity index (χ3v) is 5.18. The molecule has 2 aromatic heterocycles. The number of halogens is 4. The summed E-state index contributed by atoms with van der Waals surface area (Å²) in [4.78, 5) is 16.4. The van der Waals surface area contributed by atoms with Gasteiger partial charge < -0.3 is 9.15 Å². The van der Waals surface area contributed by atoms with Crippen molar-refractivity contribution in [2.45, 2.75) is 13.2 Å². The SMILES string of the molecule is O=C(Nc1ncn(Cc2c(F)cccc2Cl)n1)c1ccc(COc2ccc(Cl)cc2Cl)o1. The van der Waals surface area contributed by atoms with Gasteiger partial charge in [-0.2, -0.15) is 0 Å². The first-order valence-electron chi connectivity index (χ1n) is 9.19. The van der Waals surface area contributed by atoms with E-state index in [1.165, 1.54) is 29.2 Å². The molecule has 1 N–H and O–H groups in total. The molecule has 0 aliphatic rings. The van der Waals surface area contributed by atoms with Gasteiger partial charge in [-0.05, 0) is 42.5 Å². The first-order chi connectivity index (χ1) is 15.4. The van der Waals surface area contributed by atoms with Crippen LogP contribution in [0.2, 0.25) is 15.1 Å². The summed E-state index contributed by atoms with van der Waals surface area (Å²) < 4.78 is 26.4. The van der Waals surface area contributed by atoms with Crippen molar-refractivity contribution in [3.8, 4) is 5.75 Å². The summed E-state index contributed by atoms with van der Waals surface area (Å²) in [6.07, 6.45) is 1.36. The minimum atomic E-state index is -0.553. The average molecular weight is 496 g/mol. The lowest BCUT2D eigenvalue weighted by Crippen LogP contribution is -2.13.